The lowest BCUT2D eigenvalue weighted by Crippen LogP contribution is -2.22. The first-order valence-electron chi connectivity index (χ1n) is 7.24. The highest BCUT2D eigenvalue weighted by Gasteiger charge is 2.30. The van der Waals surface area contributed by atoms with E-state index in [1.165, 1.54) is 51.4 Å². The van der Waals surface area contributed by atoms with E-state index in [-0.39, 0.29) is 5.41 Å². The van der Waals surface area contributed by atoms with E-state index >= 15 is 0 Å². The van der Waals surface area contributed by atoms with Crippen molar-refractivity contribution in [1.82, 2.24) is 4.98 Å². The van der Waals surface area contributed by atoms with Crippen molar-refractivity contribution < 1.29 is 4.42 Å². The molecule has 0 radical (unpaired) electrons. The quantitative estimate of drug-likeness (QED) is 0.416. The van der Waals surface area contributed by atoms with Crippen LogP contribution in [0.25, 0.3) is 0 Å². The van der Waals surface area contributed by atoms with Crippen LogP contribution in [0.5, 0.6) is 0 Å². The summed E-state index contributed by atoms with van der Waals surface area (Å²) in [7, 11) is 0. The van der Waals surface area contributed by atoms with E-state index in [0.29, 0.717) is 0 Å². The maximum absolute atomic E-state index is 5.66. The molecule has 0 aliphatic heterocycles. The van der Waals surface area contributed by atoms with Crippen molar-refractivity contribution >= 4 is 22.6 Å². The summed E-state index contributed by atoms with van der Waals surface area (Å²) in [5.41, 5.74) is 0.132. The Kier molecular flexibility index (Phi) is 7.27. The molecule has 1 aromatic rings. The summed E-state index contributed by atoms with van der Waals surface area (Å²) in [6.07, 6.45) is 11.9. The molecule has 1 heterocycles. The SMILES string of the molecule is CCCCCCC(C)(CCCC)c1nc(I)co1. The second-order valence-corrected chi connectivity index (χ2v) is 6.56. The van der Waals surface area contributed by atoms with Gasteiger partial charge in [-0.15, -0.1) is 0 Å². The van der Waals surface area contributed by atoms with Gasteiger partial charge in [0.1, 0.15) is 9.96 Å². The molecular weight excluding hydrogens is 337 g/mol. The minimum absolute atomic E-state index is 0.132. The summed E-state index contributed by atoms with van der Waals surface area (Å²) in [6.45, 7) is 6.82. The van der Waals surface area contributed by atoms with Crippen molar-refractivity contribution in [2.45, 2.75) is 77.6 Å². The van der Waals surface area contributed by atoms with Gasteiger partial charge in [-0.25, -0.2) is 4.98 Å². The summed E-state index contributed by atoms with van der Waals surface area (Å²) in [6, 6.07) is 0. The van der Waals surface area contributed by atoms with E-state index in [4.69, 9.17) is 4.42 Å². The lowest BCUT2D eigenvalue weighted by Gasteiger charge is -2.26. The van der Waals surface area contributed by atoms with E-state index in [2.05, 4.69) is 48.3 Å². The highest BCUT2D eigenvalue weighted by molar-refractivity contribution is 14.1. The van der Waals surface area contributed by atoms with Crippen LogP contribution >= 0.6 is 22.6 Å². The van der Waals surface area contributed by atoms with Crippen molar-refractivity contribution in [2.75, 3.05) is 0 Å². The topological polar surface area (TPSA) is 26.0 Å². The van der Waals surface area contributed by atoms with Crippen LogP contribution < -0.4 is 0 Å². The van der Waals surface area contributed by atoms with Gasteiger partial charge in [-0.2, -0.15) is 0 Å². The number of nitrogens with zero attached hydrogens (tertiary/aromatic N) is 1. The fourth-order valence-corrected chi connectivity index (χ4v) is 2.73. The van der Waals surface area contributed by atoms with Crippen LogP contribution in [0.3, 0.4) is 0 Å². The first-order valence-corrected chi connectivity index (χ1v) is 8.31. The molecule has 0 N–H and O–H groups in total. The van der Waals surface area contributed by atoms with Gasteiger partial charge in [-0.1, -0.05) is 59.3 Å². The van der Waals surface area contributed by atoms with Gasteiger partial charge in [0.15, 0.2) is 0 Å². The Morgan fingerprint density at radius 1 is 1.11 bits per heavy atom. The first-order chi connectivity index (χ1) is 8.62. The third-order valence-electron chi connectivity index (χ3n) is 3.66. The highest BCUT2D eigenvalue weighted by atomic mass is 127. The Labute approximate surface area is 125 Å². The van der Waals surface area contributed by atoms with E-state index in [1.54, 1.807) is 6.26 Å². The Morgan fingerprint density at radius 3 is 2.33 bits per heavy atom. The molecule has 1 atom stereocenters. The molecule has 0 fully saturated rings. The zero-order valence-electron chi connectivity index (χ0n) is 12.0. The Balaban J connectivity index is 2.62. The lowest BCUT2D eigenvalue weighted by molar-refractivity contribution is 0.289. The van der Waals surface area contributed by atoms with Crippen LogP contribution in [0.15, 0.2) is 10.7 Å². The van der Waals surface area contributed by atoms with Crippen LogP contribution in [0.2, 0.25) is 0 Å². The monoisotopic (exact) mass is 363 g/mol. The smallest absolute Gasteiger partial charge is 0.200 e. The highest BCUT2D eigenvalue weighted by Crippen LogP contribution is 2.34. The van der Waals surface area contributed by atoms with Gasteiger partial charge in [0.25, 0.3) is 0 Å². The van der Waals surface area contributed by atoms with Crippen LogP contribution in [-0.4, -0.2) is 4.98 Å². The van der Waals surface area contributed by atoms with Crippen molar-refractivity contribution in [2.24, 2.45) is 0 Å². The average molecular weight is 363 g/mol. The van der Waals surface area contributed by atoms with Crippen LogP contribution in [0.4, 0.5) is 0 Å². The molecule has 1 rings (SSSR count). The molecule has 0 aliphatic rings. The number of halogens is 1. The molecule has 2 nitrogen and oxygen atoms in total. The van der Waals surface area contributed by atoms with Crippen molar-refractivity contribution in [1.29, 1.82) is 0 Å². The minimum atomic E-state index is 0.132. The Morgan fingerprint density at radius 2 is 1.78 bits per heavy atom. The standard InChI is InChI=1S/C15H26INO/c1-4-6-8-9-11-15(3,10-7-5-2)14-17-13(16)12-18-14/h12H,4-11H2,1-3H3. The fourth-order valence-electron chi connectivity index (χ4n) is 2.38. The first kappa shape index (κ1) is 16.0. The lowest BCUT2D eigenvalue weighted by atomic mass is 9.80. The summed E-state index contributed by atoms with van der Waals surface area (Å²) in [4.78, 5) is 4.55. The predicted molar refractivity (Wildman–Crippen MR) is 84.9 cm³/mol. The minimum Gasteiger partial charge on any atom is -0.447 e. The molecule has 0 spiro atoms. The Bertz CT molecular complexity index is 337. The van der Waals surface area contributed by atoms with E-state index < -0.39 is 0 Å². The van der Waals surface area contributed by atoms with Crippen molar-refractivity contribution in [3.05, 3.63) is 15.9 Å². The molecule has 3 heteroatoms. The van der Waals surface area contributed by atoms with Crippen molar-refractivity contribution in [3.8, 4) is 0 Å². The average Bonchev–Trinajstić information content (AvgIpc) is 2.80. The molecule has 0 aliphatic carbocycles. The normalized spacial score (nSPS) is 14.7. The van der Waals surface area contributed by atoms with E-state index in [0.717, 1.165) is 9.59 Å². The largest absolute Gasteiger partial charge is 0.447 e. The van der Waals surface area contributed by atoms with Gasteiger partial charge in [-0.05, 0) is 35.4 Å². The molecule has 0 saturated heterocycles. The van der Waals surface area contributed by atoms with Crippen LogP contribution in [0.1, 0.15) is 78.0 Å². The van der Waals surface area contributed by atoms with Gasteiger partial charge < -0.3 is 4.42 Å². The van der Waals surface area contributed by atoms with E-state index in [9.17, 15) is 0 Å². The molecule has 0 saturated carbocycles. The fraction of sp³-hybridized carbons (Fsp3) is 0.800. The third-order valence-corrected chi connectivity index (χ3v) is 4.15. The number of aromatic nitrogens is 1. The van der Waals surface area contributed by atoms with Gasteiger partial charge >= 0.3 is 0 Å². The van der Waals surface area contributed by atoms with Gasteiger partial charge in [-0.3, -0.25) is 0 Å². The molecule has 0 aromatic carbocycles. The summed E-state index contributed by atoms with van der Waals surface area (Å²) >= 11 is 2.22. The summed E-state index contributed by atoms with van der Waals surface area (Å²) in [5, 5.41) is 0. The summed E-state index contributed by atoms with van der Waals surface area (Å²) < 4.78 is 6.64. The maximum atomic E-state index is 5.66. The number of rotatable bonds is 9. The number of hydrogen-bond acceptors (Lipinski definition) is 2. The predicted octanol–water partition coefficient (Wildman–Crippen LogP) is 5.70. The zero-order valence-corrected chi connectivity index (χ0v) is 14.1. The number of oxazole rings is 1. The Hall–Kier alpha value is -0.0600. The number of unbranched alkanes of at least 4 members (excludes halogenated alkanes) is 4. The molecule has 0 bridgehead atoms. The molecule has 104 valence electrons. The molecular formula is C15H26INO. The number of hydrogen-bond donors (Lipinski definition) is 0. The maximum Gasteiger partial charge on any atom is 0.200 e. The van der Waals surface area contributed by atoms with E-state index in [1.807, 2.05) is 0 Å². The second-order valence-electron chi connectivity index (χ2n) is 5.45. The van der Waals surface area contributed by atoms with Gasteiger partial charge in [0.2, 0.25) is 5.89 Å². The van der Waals surface area contributed by atoms with Crippen LogP contribution in [-0.2, 0) is 5.41 Å². The van der Waals surface area contributed by atoms with Crippen molar-refractivity contribution in [3.63, 3.8) is 0 Å². The third kappa shape index (κ3) is 4.90. The molecule has 0 amide bonds. The molecule has 1 aromatic heterocycles. The van der Waals surface area contributed by atoms with Crippen LogP contribution in [0, 0.1) is 3.70 Å². The van der Waals surface area contributed by atoms with Gasteiger partial charge in [0, 0.05) is 5.41 Å². The second kappa shape index (κ2) is 8.18. The molecule has 1 unspecified atom stereocenters. The molecule has 18 heavy (non-hydrogen) atoms. The summed E-state index contributed by atoms with van der Waals surface area (Å²) in [5.74, 6) is 0.942. The zero-order chi connectivity index (χ0) is 13.4. The van der Waals surface area contributed by atoms with Gasteiger partial charge in [0.05, 0.1) is 0 Å².